The van der Waals surface area contributed by atoms with Crippen LogP contribution in [-0.4, -0.2) is 32.1 Å². The molecule has 0 aliphatic heterocycles. The van der Waals surface area contributed by atoms with Gasteiger partial charge in [0.05, 0.1) is 0 Å². The maximum atomic E-state index is 12.1. The minimum absolute atomic E-state index is 0.159. The zero-order valence-electron chi connectivity index (χ0n) is 14.2. The molecule has 2 rings (SSSR count). The van der Waals surface area contributed by atoms with Crippen LogP contribution < -0.4 is 15.8 Å². The van der Waals surface area contributed by atoms with Gasteiger partial charge in [-0.05, 0) is 55.9 Å². The molecule has 1 saturated carbocycles. The first-order chi connectivity index (χ1) is 11.8. The van der Waals surface area contributed by atoms with Crippen LogP contribution in [0.4, 0.5) is 18.9 Å². The Hall–Kier alpha value is -1.96. The Balaban J connectivity index is 1.86. The number of hydrogen-bond acceptors (Lipinski definition) is 3. The first kappa shape index (κ1) is 19.4. The number of ether oxygens (including phenoxy) is 2. The molecule has 1 aromatic carbocycles. The Morgan fingerprint density at radius 2 is 1.96 bits per heavy atom. The molecule has 0 bridgehead atoms. The zero-order chi connectivity index (χ0) is 18.3. The lowest BCUT2D eigenvalue weighted by Crippen LogP contribution is -2.35. The van der Waals surface area contributed by atoms with Crippen molar-refractivity contribution < 1.29 is 22.6 Å². The number of nitrogens with two attached hydrogens (primary N) is 1. The van der Waals surface area contributed by atoms with E-state index in [0.717, 1.165) is 25.9 Å². The number of anilines is 1. The fraction of sp³-hybridized carbons (Fsp3) is 0.588. The number of benzene rings is 1. The largest absolute Gasteiger partial charge is 0.573 e. The molecule has 3 N–H and O–H groups in total. The van der Waals surface area contributed by atoms with Crippen molar-refractivity contribution in [1.82, 2.24) is 0 Å². The standard InChI is InChI=1S/C17H24F3N3O2/c1-2-24-11-10-16(8-3-9-16)12-22-15(21)23-13-4-6-14(7-5-13)25-17(18,19)20/h4-7H,2-3,8-12H2,1H3,(H3,21,22,23). The predicted octanol–water partition coefficient (Wildman–Crippen LogP) is 3.91. The van der Waals surface area contributed by atoms with E-state index in [1.165, 1.54) is 30.7 Å². The lowest BCUT2D eigenvalue weighted by Gasteiger charge is -2.40. The van der Waals surface area contributed by atoms with Crippen LogP contribution >= 0.6 is 0 Å². The summed E-state index contributed by atoms with van der Waals surface area (Å²) in [6.45, 7) is 4.02. The quantitative estimate of drug-likeness (QED) is 0.419. The summed E-state index contributed by atoms with van der Waals surface area (Å²) in [6, 6.07) is 5.35. The Morgan fingerprint density at radius 3 is 2.48 bits per heavy atom. The molecule has 1 aliphatic carbocycles. The van der Waals surface area contributed by atoms with Crippen molar-refractivity contribution in [2.75, 3.05) is 25.1 Å². The number of nitrogens with one attached hydrogen (secondary N) is 1. The summed E-state index contributed by atoms with van der Waals surface area (Å²) in [5, 5.41) is 2.88. The van der Waals surface area contributed by atoms with Crippen LogP contribution in [0.3, 0.4) is 0 Å². The lowest BCUT2D eigenvalue weighted by molar-refractivity contribution is -0.274. The van der Waals surface area contributed by atoms with Crippen molar-refractivity contribution in [3.05, 3.63) is 24.3 Å². The third-order valence-corrected chi connectivity index (χ3v) is 4.34. The number of aliphatic imine (C=N–C) groups is 1. The summed E-state index contributed by atoms with van der Waals surface area (Å²) in [4.78, 5) is 4.39. The summed E-state index contributed by atoms with van der Waals surface area (Å²) in [5.41, 5.74) is 6.59. The van der Waals surface area contributed by atoms with Gasteiger partial charge in [0.15, 0.2) is 5.96 Å². The van der Waals surface area contributed by atoms with Gasteiger partial charge in [-0.2, -0.15) is 0 Å². The van der Waals surface area contributed by atoms with Gasteiger partial charge in [-0.25, -0.2) is 0 Å². The van der Waals surface area contributed by atoms with Crippen LogP contribution in [0, 0.1) is 5.41 Å². The second-order valence-corrected chi connectivity index (χ2v) is 6.20. The second-order valence-electron chi connectivity index (χ2n) is 6.20. The van der Waals surface area contributed by atoms with Crippen LogP contribution in [0.15, 0.2) is 29.3 Å². The second kappa shape index (κ2) is 8.42. The monoisotopic (exact) mass is 359 g/mol. The van der Waals surface area contributed by atoms with Crippen LogP contribution in [0.2, 0.25) is 0 Å². The average Bonchev–Trinajstić information content (AvgIpc) is 2.50. The third kappa shape index (κ3) is 6.45. The smallest absolute Gasteiger partial charge is 0.406 e. The number of nitrogens with zero attached hydrogens (tertiary/aromatic N) is 1. The van der Waals surface area contributed by atoms with E-state index in [1.54, 1.807) is 0 Å². The number of alkyl halides is 3. The van der Waals surface area contributed by atoms with Gasteiger partial charge in [0.1, 0.15) is 5.75 Å². The Kier molecular flexibility index (Phi) is 6.52. The molecule has 0 atom stereocenters. The van der Waals surface area contributed by atoms with Crippen LogP contribution in [0.5, 0.6) is 5.75 Å². The molecule has 140 valence electrons. The topological polar surface area (TPSA) is 68.9 Å². The van der Waals surface area contributed by atoms with Crippen LogP contribution in [0.1, 0.15) is 32.6 Å². The van der Waals surface area contributed by atoms with E-state index in [0.29, 0.717) is 18.8 Å². The first-order valence-corrected chi connectivity index (χ1v) is 8.32. The maximum Gasteiger partial charge on any atom is 0.573 e. The number of hydrogen-bond donors (Lipinski definition) is 2. The Labute approximate surface area is 145 Å². The maximum absolute atomic E-state index is 12.1. The summed E-state index contributed by atoms with van der Waals surface area (Å²) in [6.07, 6.45) is -0.328. The van der Waals surface area contributed by atoms with Gasteiger partial charge in [-0.3, -0.25) is 4.99 Å². The zero-order valence-corrected chi connectivity index (χ0v) is 14.2. The highest BCUT2D eigenvalue weighted by Crippen LogP contribution is 2.44. The third-order valence-electron chi connectivity index (χ3n) is 4.34. The van der Waals surface area contributed by atoms with E-state index < -0.39 is 6.36 Å². The van der Waals surface area contributed by atoms with Gasteiger partial charge in [-0.1, -0.05) is 6.42 Å². The molecule has 0 saturated heterocycles. The van der Waals surface area contributed by atoms with E-state index in [2.05, 4.69) is 15.0 Å². The molecule has 8 heteroatoms. The molecular weight excluding hydrogens is 335 g/mol. The summed E-state index contributed by atoms with van der Waals surface area (Å²) in [5.74, 6) is -0.0370. The molecule has 0 heterocycles. The summed E-state index contributed by atoms with van der Waals surface area (Å²) < 4.78 is 45.6. The predicted molar refractivity (Wildman–Crippen MR) is 90.6 cm³/mol. The molecule has 0 unspecified atom stereocenters. The minimum Gasteiger partial charge on any atom is -0.406 e. The SMILES string of the molecule is CCOCCC1(CN=C(N)Nc2ccc(OC(F)(F)F)cc2)CCC1. The number of guanidine groups is 1. The fourth-order valence-corrected chi connectivity index (χ4v) is 2.78. The average molecular weight is 359 g/mol. The van der Waals surface area contributed by atoms with Crippen LogP contribution in [-0.2, 0) is 4.74 Å². The molecule has 0 spiro atoms. The lowest BCUT2D eigenvalue weighted by atomic mass is 9.67. The minimum atomic E-state index is -4.70. The van der Waals surface area contributed by atoms with Crippen LogP contribution in [0.25, 0.3) is 0 Å². The van der Waals surface area contributed by atoms with Gasteiger partial charge in [0, 0.05) is 25.4 Å². The van der Waals surface area contributed by atoms with Gasteiger partial charge in [0.25, 0.3) is 0 Å². The van der Waals surface area contributed by atoms with Crippen molar-refractivity contribution >= 4 is 11.6 Å². The molecule has 0 radical (unpaired) electrons. The van der Waals surface area contributed by atoms with E-state index in [1.807, 2.05) is 6.92 Å². The van der Waals surface area contributed by atoms with Gasteiger partial charge in [0.2, 0.25) is 0 Å². The van der Waals surface area contributed by atoms with Crippen molar-refractivity contribution in [3.8, 4) is 5.75 Å². The Bertz CT molecular complexity index is 569. The first-order valence-electron chi connectivity index (χ1n) is 8.32. The summed E-state index contributed by atoms with van der Waals surface area (Å²) >= 11 is 0. The molecule has 25 heavy (non-hydrogen) atoms. The molecule has 1 fully saturated rings. The number of rotatable bonds is 8. The highest BCUT2D eigenvalue weighted by Gasteiger charge is 2.36. The number of halogens is 3. The van der Waals surface area contributed by atoms with Gasteiger partial charge < -0.3 is 20.5 Å². The molecule has 0 aromatic heterocycles. The van der Waals surface area contributed by atoms with Crippen molar-refractivity contribution in [2.45, 2.75) is 39.0 Å². The Morgan fingerprint density at radius 1 is 1.28 bits per heavy atom. The normalized spacial score (nSPS) is 17.0. The van der Waals surface area contributed by atoms with Crippen molar-refractivity contribution in [3.63, 3.8) is 0 Å². The van der Waals surface area contributed by atoms with E-state index in [-0.39, 0.29) is 17.1 Å². The molecule has 0 amide bonds. The van der Waals surface area contributed by atoms with Gasteiger partial charge in [-0.15, -0.1) is 13.2 Å². The van der Waals surface area contributed by atoms with E-state index in [9.17, 15) is 13.2 Å². The highest BCUT2D eigenvalue weighted by molar-refractivity contribution is 5.92. The fourth-order valence-electron chi connectivity index (χ4n) is 2.78. The van der Waals surface area contributed by atoms with E-state index >= 15 is 0 Å². The van der Waals surface area contributed by atoms with Gasteiger partial charge >= 0.3 is 6.36 Å². The van der Waals surface area contributed by atoms with Crippen molar-refractivity contribution in [1.29, 1.82) is 0 Å². The highest BCUT2D eigenvalue weighted by atomic mass is 19.4. The van der Waals surface area contributed by atoms with Crippen molar-refractivity contribution in [2.24, 2.45) is 16.1 Å². The molecule has 1 aliphatic rings. The van der Waals surface area contributed by atoms with E-state index in [4.69, 9.17) is 10.5 Å². The summed E-state index contributed by atoms with van der Waals surface area (Å²) in [7, 11) is 0. The molecular formula is C17H24F3N3O2. The molecule has 1 aromatic rings. The molecule has 5 nitrogen and oxygen atoms in total.